The quantitative estimate of drug-likeness (QED) is 0.836. The maximum atomic E-state index is 11.6. The number of Topliss-reactive ketones (excluding diaryl/α,β-unsaturated/α-hetero) is 1. The Morgan fingerprint density at radius 2 is 2.17 bits per heavy atom. The van der Waals surface area contributed by atoms with Gasteiger partial charge < -0.3 is 10.5 Å². The van der Waals surface area contributed by atoms with E-state index in [0.717, 1.165) is 29.7 Å². The van der Waals surface area contributed by atoms with Gasteiger partial charge >= 0.3 is 0 Å². The van der Waals surface area contributed by atoms with Crippen LogP contribution in [0.3, 0.4) is 0 Å². The lowest BCUT2D eigenvalue weighted by molar-refractivity contribution is 0.0971. The standard InChI is InChI=1S/C12H15NO2.C3H6/c13-7-8-15-12-6-2-3-9-10(12)4-1-5-11(9)14;1-3-2/h2-3,6H,1,4-5,7-8,13H2;3H,1H2,2H3. The molecule has 1 aromatic carbocycles. The molecular weight excluding hydrogens is 226 g/mol. The van der Waals surface area contributed by atoms with Crippen LogP contribution in [-0.2, 0) is 6.42 Å². The van der Waals surface area contributed by atoms with E-state index in [9.17, 15) is 4.79 Å². The molecule has 3 nitrogen and oxygen atoms in total. The zero-order valence-corrected chi connectivity index (χ0v) is 10.9. The van der Waals surface area contributed by atoms with E-state index in [-0.39, 0.29) is 5.78 Å². The van der Waals surface area contributed by atoms with E-state index in [1.54, 1.807) is 6.08 Å². The molecular formula is C15H21NO2. The van der Waals surface area contributed by atoms with E-state index < -0.39 is 0 Å². The lowest BCUT2D eigenvalue weighted by atomic mass is 9.90. The first-order valence-electron chi connectivity index (χ1n) is 6.29. The first kappa shape index (κ1) is 14.5. The third-order valence-electron chi connectivity index (χ3n) is 2.64. The zero-order valence-electron chi connectivity index (χ0n) is 10.9. The van der Waals surface area contributed by atoms with E-state index in [4.69, 9.17) is 10.5 Å². The largest absolute Gasteiger partial charge is 0.492 e. The highest BCUT2D eigenvalue weighted by Crippen LogP contribution is 2.29. The highest BCUT2D eigenvalue weighted by molar-refractivity contribution is 5.99. The first-order valence-corrected chi connectivity index (χ1v) is 6.29. The molecule has 3 heteroatoms. The van der Waals surface area contributed by atoms with Crippen LogP contribution in [0.4, 0.5) is 0 Å². The molecule has 0 bridgehead atoms. The van der Waals surface area contributed by atoms with Crippen molar-refractivity contribution in [3.8, 4) is 5.75 Å². The van der Waals surface area contributed by atoms with Gasteiger partial charge in [-0.05, 0) is 25.8 Å². The summed E-state index contributed by atoms with van der Waals surface area (Å²) in [6, 6.07) is 5.66. The number of ether oxygens (including phenoxy) is 1. The predicted molar refractivity (Wildman–Crippen MR) is 74.1 cm³/mol. The van der Waals surface area contributed by atoms with Gasteiger partial charge in [-0.1, -0.05) is 18.2 Å². The fourth-order valence-corrected chi connectivity index (χ4v) is 1.95. The number of hydrogen-bond acceptors (Lipinski definition) is 3. The van der Waals surface area contributed by atoms with Gasteiger partial charge in [-0.3, -0.25) is 4.79 Å². The number of ketones is 1. The molecule has 0 amide bonds. The average Bonchev–Trinajstić information content (AvgIpc) is 2.38. The van der Waals surface area contributed by atoms with Crippen LogP contribution in [0.25, 0.3) is 0 Å². The molecule has 18 heavy (non-hydrogen) atoms. The van der Waals surface area contributed by atoms with Crippen molar-refractivity contribution in [2.75, 3.05) is 13.2 Å². The summed E-state index contributed by atoms with van der Waals surface area (Å²) < 4.78 is 5.52. The van der Waals surface area contributed by atoms with Gasteiger partial charge in [0, 0.05) is 24.1 Å². The molecule has 0 spiro atoms. The summed E-state index contributed by atoms with van der Waals surface area (Å²) in [4.78, 5) is 11.6. The van der Waals surface area contributed by atoms with Crippen molar-refractivity contribution in [2.45, 2.75) is 26.2 Å². The lowest BCUT2D eigenvalue weighted by Crippen LogP contribution is -2.15. The molecule has 1 aliphatic rings. The maximum Gasteiger partial charge on any atom is 0.163 e. The highest BCUT2D eigenvalue weighted by Gasteiger charge is 2.19. The number of allylic oxidation sites excluding steroid dienone is 1. The van der Waals surface area contributed by atoms with Crippen molar-refractivity contribution in [3.05, 3.63) is 42.0 Å². The lowest BCUT2D eigenvalue weighted by Gasteiger charge is -2.18. The van der Waals surface area contributed by atoms with Gasteiger partial charge in [-0.25, -0.2) is 0 Å². The highest BCUT2D eigenvalue weighted by atomic mass is 16.5. The van der Waals surface area contributed by atoms with Crippen molar-refractivity contribution in [1.82, 2.24) is 0 Å². The van der Waals surface area contributed by atoms with Crippen LogP contribution in [-0.4, -0.2) is 18.9 Å². The summed E-state index contributed by atoms with van der Waals surface area (Å²) in [7, 11) is 0. The Hall–Kier alpha value is -1.61. The van der Waals surface area contributed by atoms with Crippen molar-refractivity contribution >= 4 is 5.78 Å². The second-order valence-electron chi connectivity index (χ2n) is 4.10. The van der Waals surface area contributed by atoms with Crippen molar-refractivity contribution in [1.29, 1.82) is 0 Å². The predicted octanol–water partition coefficient (Wildman–Crippen LogP) is 2.74. The van der Waals surface area contributed by atoms with Gasteiger partial charge in [0.2, 0.25) is 0 Å². The molecule has 0 fully saturated rings. The van der Waals surface area contributed by atoms with Crippen LogP contribution < -0.4 is 10.5 Å². The number of carbonyl (C=O) groups is 1. The van der Waals surface area contributed by atoms with E-state index in [0.29, 0.717) is 19.6 Å². The van der Waals surface area contributed by atoms with Crippen LogP contribution in [0.15, 0.2) is 30.9 Å². The van der Waals surface area contributed by atoms with E-state index in [2.05, 4.69) is 6.58 Å². The number of nitrogens with two attached hydrogens (primary N) is 1. The van der Waals surface area contributed by atoms with Crippen molar-refractivity contribution < 1.29 is 9.53 Å². The monoisotopic (exact) mass is 247 g/mol. The fraction of sp³-hybridized carbons (Fsp3) is 0.400. The summed E-state index contributed by atoms with van der Waals surface area (Å²) in [6.45, 7) is 6.25. The van der Waals surface area contributed by atoms with Crippen molar-refractivity contribution in [3.63, 3.8) is 0 Å². The SMILES string of the molecule is C=CC.NCCOc1cccc2c1CCCC2=O. The Bertz CT molecular complexity index is 413. The van der Waals surface area contributed by atoms with Crippen molar-refractivity contribution in [2.24, 2.45) is 5.73 Å². The van der Waals surface area contributed by atoms with Crippen LogP contribution >= 0.6 is 0 Å². The van der Waals surface area contributed by atoms with Gasteiger partial charge in [0.1, 0.15) is 12.4 Å². The van der Waals surface area contributed by atoms with Crippen LogP contribution in [0, 0.1) is 0 Å². The second-order valence-corrected chi connectivity index (χ2v) is 4.10. The summed E-state index contributed by atoms with van der Waals surface area (Å²) in [5.41, 5.74) is 7.27. The Kier molecular flexibility index (Phi) is 6.15. The van der Waals surface area contributed by atoms with E-state index >= 15 is 0 Å². The molecule has 0 saturated heterocycles. The molecule has 0 radical (unpaired) electrons. The van der Waals surface area contributed by atoms with E-state index in [1.807, 2.05) is 25.1 Å². The molecule has 1 aliphatic carbocycles. The number of rotatable bonds is 3. The van der Waals surface area contributed by atoms with Gasteiger partial charge in [-0.15, -0.1) is 6.58 Å². The molecule has 0 unspecified atom stereocenters. The Balaban J connectivity index is 0.000000492. The minimum Gasteiger partial charge on any atom is -0.492 e. The second kappa shape index (κ2) is 7.67. The van der Waals surface area contributed by atoms with Gasteiger partial charge in [0.25, 0.3) is 0 Å². The third-order valence-corrected chi connectivity index (χ3v) is 2.64. The molecule has 0 aromatic heterocycles. The number of benzene rings is 1. The summed E-state index contributed by atoms with van der Waals surface area (Å²) in [6.07, 6.45) is 4.27. The summed E-state index contributed by atoms with van der Waals surface area (Å²) in [5, 5.41) is 0. The zero-order chi connectivity index (χ0) is 13.4. The number of carbonyl (C=O) groups excluding carboxylic acids is 1. The Labute approximate surface area is 109 Å². The molecule has 2 rings (SSSR count). The fourth-order valence-electron chi connectivity index (χ4n) is 1.95. The topological polar surface area (TPSA) is 52.3 Å². The smallest absolute Gasteiger partial charge is 0.163 e. The van der Waals surface area contributed by atoms with Crippen LogP contribution in [0.5, 0.6) is 5.75 Å². The maximum absolute atomic E-state index is 11.6. The minimum absolute atomic E-state index is 0.231. The Morgan fingerprint density at radius 3 is 2.83 bits per heavy atom. The van der Waals surface area contributed by atoms with Gasteiger partial charge in [0.05, 0.1) is 0 Å². The minimum atomic E-state index is 0.231. The van der Waals surface area contributed by atoms with Crippen LogP contribution in [0.2, 0.25) is 0 Å². The molecule has 0 aliphatic heterocycles. The molecule has 1 aromatic rings. The molecule has 98 valence electrons. The van der Waals surface area contributed by atoms with Gasteiger partial charge in [-0.2, -0.15) is 0 Å². The summed E-state index contributed by atoms with van der Waals surface area (Å²) in [5.74, 6) is 1.06. The number of hydrogen-bond donors (Lipinski definition) is 1. The normalized spacial score (nSPS) is 13.1. The first-order chi connectivity index (χ1) is 8.74. The molecule has 2 N–H and O–H groups in total. The van der Waals surface area contributed by atoms with Crippen LogP contribution in [0.1, 0.15) is 35.7 Å². The Morgan fingerprint density at radius 1 is 1.44 bits per heavy atom. The third kappa shape index (κ3) is 3.70. The molecule has 0 heterocycles. The van der Waals surface area contributed by atoms with Gasteiger partial charge in [0.15, 0.2) is 5.78 Å². The van der Waals surface area contributed by atoms with E-state index in [1.165, 1.54) is 0 Å². The molecule has 0 atom stereocenters. The summed E-state index contributed by atoms with van der Waals surface area (Å²) >= 11 is 0. The molecule has 0 saturated carbocycles. The number of fused-ring (bicyclic) bond motifs is 1. The average molecular weight is 247 g/mol.